The number of halogens is 3. The van der Waals surface area contributed by atoms with Gasteiger partial charge in [0.05, 0.1) is 10.6 Å². The van der Waals surface area contributed by atoms with Crippen LogP contribution in [0.4, 0.5) is 5.69 Å². The number of carbonyl (C=O) groups excluding carboxylic acids is 2. The first-order valence-corrected chi connectivity index (χ1v) is 16.6. The van der Waals surface area contributed by atoms with Gasteiger partial charge in [-0.2, -0.15) is 0 Å². The molecule has 44 heavy (non-hydrogen) atoms. The molecule has 1 N–H and O–H groups in total. The predicted molar refractivity (Wildman–Crippen MR) is 177 cm³/mol. The van der Waals surface area contributed by atoms with E-state index in [-0.39, 0.29) is 29.5 Å². The minimum Gasteiger partial charge on any atom is -0.354 e. The van der Waals surface area contributed by atoms with E-state index >= 15 is 0 Å². The molecule has 0 bridgehead atoms. The van der Waals surface area contributed by atoms with Crippen molar-refractivity contribution in [2.24, 2.45) is 0 Å². The van der Waals surface area contributed by atoms with Gasteiger partial charge in [0.25, 0.3) is 10.0 Å². The van der Waals surface area contributed by atoms with Gasteiger partial charge >= 0.3 is 0 Å². The standard InChI is InChI=1S/C33H32Cl3N3O4S/c1-2-19-37-33(41)31(20-24-7-4-3-5-8-24)38(22-25-11-13-26(34)14-12-25)32(40)23-39(29-10-6-9-28(36)21-29)44(42,43)30-17-15-27(35)16-18-30/h3-18,21,31H,2,19-20,22-23H2,1H3,(H,37,41). The molecule has 4 aromatic rings. The van der Waals surface area contributed by atoms with Crippen LogP contribution < -0.4 is 9.62 Å². The summed E-state index contributed by atoms with van der Waals surface area (Å²) < 4.78 is 29.0. The number of hydrogen-bond acceptors (Lipinski definition) is 4. The van der Waals surface area contributed by atoms with Crippen LogP contribution in [0.2, 0.25) is 15.1 Å². The van der Waals surface area contributed by atoms with Gasteiger partial charge in [-0.1, -0.05) is 90.3 Å². The zero-order valence-corrected chi connectivity index (χ0v) is 27.1. The zero-order chi connectivity index (χ0) is 31.7. The van der Waals surface area contributed by atoms with Crippen molar-refractivity contribution in [3.8, 4) is 0 Å². The quantitative estimate of drug-likeness (QED) is 0.166. The highest BCUT2D eigenvalue weighted by Gasteiger charge is 2.34. The van der Waals surface area contributed by atoms with Crippen molar-refractivity contribution in [2.45, 2.75) is 37.2 Å². The Bertz CT molecular complexity index is 1670. The Morgan fingerprint density at radius 2 is 1.41 bits per heavy atom. The fourth-order valence-corrected chi connectivity index (χ4v) is 6.44. The Balaban J connectivity index is 1.79. The van der Waals surface area contributed by atoms with E-state index in [1.807, 2.05) is 37.3 Å². The van der Waals surface area contributed by atoms with E-state index in [1.54, 1.807) is 42.5 Å². The van der Waals surface area contributed by atoms with Gasteiger partial charge in [0.1, 0.15) is 12.6 Å². The zero-order valence-electron chi connectivity index (χ0n) is 24.0. The summed E-state index contributed by atoms with van der Waals surface area (Å²) in [6.07, 6.45) is 0.924. The maximum Gasteiger partial charge on any atom is 0.264 e. The Labute approximate surface area is 273 Å². The van der Waals surface area contributed by atoms with Crippen molar-refractivity contribution in [1.29, 1.82) is 0 Å². The number of hydrogen-bond donors (Lipinski definition) is 1. The fraction of sp³-hybridized carbons (Fsp3) is 0.212. The molecule has 4 aromatic carbocycles. The topological polar surface area (TPSA) is 86.8 Å². The fourth-order valence-electron chi connectivity index (χ4n) is 4.60. The van der Waals surface area contributed by atoms with E-state index in [9.17, 15) is 18.0 Å². The summed E-state index contributed by atoms with van der Waals surface area (Å²) in [5.74, 6) is -0.919. The van der Waals surface area contributed by atoms with Gasteiger partial charge in [-0.3, -0.25) is 13.9 Å². The van der Waals surface area contributed by atoms with Gasteiger partial charge in [-0.05, 0) is 72.1 Å². The highest BCUT2D eigenvalue weighted by molar-refractivity contribution is 7.92. The highest BCUT2D eigenvalue weighted by Crippen LogP contribution is 2.28. The van der Waals surface area contributed by atoms with Crippen molar-refractivity contribution in [1.82, 2.24) is 10.2 Å². The summed E-state index contributed by atoms with van der Waals surface area (Å²) in [7, 11) is -4.26. The number of anilines is 1. The minimum absolute atomic E-state index is 0.0391. The van der Waals surface area contributed by atoms with Gasteiger partial charge < -0.3 is 10.2 Å². The van der Waals surface area contributed by atoms with Crippen LogP contribution in [-0.4, -0.2) is 44.3 Å². The lowest BCUT2D eigenvalue weighted by molar-refractivity contribution is -0.140. The lowest BCUT2D eigenvalue weighted by Gasteiger charge is -2.34. The van der Waals surface area contributed by atoms with Crippen molar-refractivity contribution in [3.05, 3.63) is 129 Å². The second-order valence-corrected chi connectivity index (χ2v) is 13.3. The SMILES string of the molecule is CCCNC(=O)C(Cc1ccccc1)N(Cc1ccc(Cl)cc1)C(=O)CN(c1cccc(Cl)c1)S(=O)(=O)c1ccc(Cl)cc1. The maximum atomic E-state index is 14.4. The van der Waals surface area contributed by atoms with E-state index in [4.69, 9.17) is 34.8 Å². The molecule has 0 aliphatic heterocycles. The first-order chi connectivity index (χ1) is 21.1. The van der Waals surface area contributed by atoms with Crippen LogP contribution in [0.25, 0.3) is 0 Å². The summed E-state index contributed by atoms with van der Waals surface area (Å²) in [5, 5.41) is 4.11. The molecular formula is C33H32Cl3N3O4S. The largest absolute Gasteiger partial charge is 0.354 e. The molecular weight excluding hydrogens is 641 g/mol. The molecule has 0 fully saturated rings. The summed E-state index contributed by atoms with van der Waals surface area (Å²) in [5.41, 5.74) is 1.76. The molecule has 0 radical (unpaired) electrons. The third-order valence-electron chi connectivity index (χ3n) is 6.86. The van der Waals surface area contributed by atoms with Crippen LogP contribution in [-0.2, 0) is 32.6 Å². The number of nitrogens with one attached hydrogen (secondary N) is 1. The van der Waals surface area contributed by atoms with Gasteiger partial charge in [0.2, 0.25) is 11.8 Å². The van der Waals surface area contributed by atoms with Crippen LogP contribution in [0.1, 0.15) is 24.5 Å². The van der Waals surface area contributed by atoms with Crippen molar-refractivity contribution in [2.75, 3.05) is 17.4 Å². The molecule has 4 rings (SSSR count). The number of benzene rings is 4. The molecule has 0 heterocycles. The van der Waals surface area contributed by atoms with Crippen LogP contribution in [0, 0.1) is 0 Å². The van der Waals surface area contributed by atoms with Gasteiger partial charge in [0, 0.05) is 34.6 Å². The minimum atomic E-state index is -4.26. The lowest BCUT2D eigenvalue weighted by atomic mass is 10.0. The molecule has 0 aliphatic carbocycles. The third-order valence-corrected chi connectivity index (χ3v) is 9.39. The monoisotopic (exact) mass is 671 g/mol. The number of nitrogens with zero attached hydrogens (tertiary/aromatic N) is 2. The first kappa shape index (κ1) is 33.3. The molecule has 7 nitrogen and oxygen atoms in total. The number of amides is 2. The average molecular weight is 673 g/mol. The normalized spacial score (nSPS) is 11.9. The molecule has 230 valence electrons. The van der Waals surface area contributed by atoms with E-state index in [0.29, 0.717) is 28.0 Å². The lowest BCUT2D eigenvalue weighted by Crippen LogP contribution is -2.53. The summed E-state index contributed by atoms with van der Waals surface area (Å²) >= 11 is 18.4. The first-order valence-electron chi connectivity index (χ1n) is 14.0. The number of sulfonamides is 1. The summed E-state index contributed by atoms with van der Waals surface area (Å²) in [6.45, 7) is 1.81. The number of rotatable bonds is 13. The average Bonchev–Trinajstić information content (AvgIpc) is 3.01. The Kier molecular flexibility index (Phi) is 11.7. The summed E-state index contributed by atoms with van der Waals surface area (Å²) in [6, 6.07) is 27.3. The molecule has 0 saturated heterocycles. The molecule has 0 aliphatic rings. The predicted octanol–water partition coefficient (Wildman–Crippen LogP) is 7.01. The molecule has 1 atom stereocenters. The van der Waals surface area contributed by atoms with Gasteiger partial charge in [-0.25, -0.2) is 8.42 Å². The van der Waals surface area contributed by atoms with E-state index in [0.717, 1.165) is 15.4 Å². The van der Waals surface area contributed by atoms with Crippen LogP contribution in [0.5, 0.6) is 0 Å². The second kappa shape index (κ2) is 15.4. The van der Waals surface area contributed by atoms with E-state index in [2.05, 4.69) is 5.32 Å². The highest BCUT2D eigenvalue weighted by atomic mass is 35.5. The Morgan fingerprint density at radius 1 is 0.773 bits per heavy atom. The van der Waals surface area contributed by atoms with Crippen LogP contribution >= 0.6 is 34.8 Å². The molecule has 11 heteroatoms. The summed E-state index contributed by atoms with van der Waals surface area (Å²) in [4.78, 5) is 29.4. The molecule has 0 aromatic heterocycles. The van der Waals surface area contributed by atoms with Crippen molar-refractivity contribution >= 4 is 62.3 Å². The number of carbonyl (C=O) groups is 2. The molecule has 0 spiro atoms. The van der Waals surface area contributed by atoms with E-state index < -0.39 is 28.5 Å². The van der Waals surface area contributed by atoms with Gasteiger partial charge in [-0.15, -0.1) is 0 Å². The van der Waals surface area contributed by atoms with Crippen LogP contribution in [0.15, 0.2) is 108 Å². The van der Waals surface area contributed by atoms with Crippen LogP contribution in [0.3, 0.4) is 0 Å². The van der Waals surface area contributed by atoms with E-state index in [1.165, 1.54) is 35.2 Å². The molecule has 2 amide bonds. The van der Waals surface area contributed by atoms with Crippen molar-refractivity contribution < 1.29 is 18.0 Å². The van der Waals surface area contributed by atoms with Crippen molar-refractivity contribution in [3.63, 3.8) is 0 Å². The smallest absolute Gasteiger partial charge is 0.264 e. The molecule has 0 saturated carbocycles. The van der Waals surface area contributed by atoms with Gasteiger partial charge in [0.15, 0.2) is 0 Å². The Hall–Kier alpha value is -3.56. The maximum absolute atomic E-state index is 14.4. The second-order valence-electron chi connectivity index (χ2n) is 10.1. The third kappa shape index (κ3) is 8.76. The Morgan fingerprint density at radius 3 is 2.02 bits per heavy atom. The molecule has 1 unspecified atom stereocenters.